The van der Waals surface area contributed by atoms with Crippen LogP contribution in [-0.2, 0) is 0 Å². The number of halogens is 3. The van der Waals surface area contributed by atoms with Crippen molar-refractivity contribution in [1.29, 1.82) is 0 Å². The van der Waals surface area contributed by atoms with E-state index in [4.69, 9.17) is 15.1 Å². The van der Waals surface area contributed by atoms with Gasteiger partial charge in [0.1, 0.15) is 11.4 Å². The number of furan rings is 1. The summed E-state index contributed by atoms with van der Waals surface area (Å²) in [5.74, 6) is 1.98. The van der Waals surface area contributed by atoms with E-state index in [2.05, 4.69) is 9.80 Å². The lowest BCUT2D eigenvalue weighted by Gasteiger charge is -2.36. The maximum atomic E-state index is 6.02. The standard InChI is InChI=1S/C20H30N4O.3ClH/c1-15-14-19-18(7-13-25-19)20(22-15)24-11-9-23(10-12-24)8-6-16-2-4-17(21)5-3-16;;;/h7,13-14,16-17H,2-6,8-12,21H2,1H3;3*1H. The molecule has 5 nitrogen and oxygen atoms in total. The first kappa shape index (κ1) is 25.3. The quantitative estimate of drug-likeness (QED) is 0.745. The van der Waals surface area contributed by atoms with E-state index < -0.39 is 0 Å². The minimum absolute atomic E-state index is 0. The van der Waals surface area contributed by atoms with Crippen molar-refractivity contribution in [3.05, 3.63) is 24.1 Å². The van der Waals surface area contributed by atoms with Gasteiger partial charge < -0.3 is 15.1 Å². The normalized spacial score (nSPS) is 22.9. The Hall–Kier alpha value is -0.720. The van der Waals surface area contributed by atoms with Gasteiger partial charge in [0.25, 0.3) is 0 Å². The first-order valence-corrected chi connectivity index (χ1v) is 9.77. The molecule has 1 saturated heterocycles. The number of pyridine rings is 1. The maximum absolute atomic E-state index is 6.02. The van der Waals surface area contributed by atoms with Gasteiger partial charge in [-0.2, -0.15) is 0 Å². The van der Waals surface area contributed by atoms with Gasteiger partial charge in [-0.3, -0.25) is 4.90 Å². The average Bonchev–Trinajstić information content (AvgIpc) is 3.09. The second kappa shape index (κ2) is 11.5. The molecule has 2 fully saturated rings. The lowest BCUT2D eigenvalue weighted by molar-refractivity contribution is 0.216. The summed E-state index contributed by atoms with van der Waals surface area (Å²) in [4.78, 5) is 9.82. The molecule has 2 N–H and O–H groups in total. The summed E-state index contributed by atoms with van der Waals surface area (Å²) in [5, 5.41) is 1.14. The molecule has 1 saturated carbocycles. The monoisotopic (exact) mass is 450 g/mol. The van der Waals surface area contributed by atoms with Crippen LogP contribution < -0.4 is 10.6 Å². The summed E-state index contributed by atoms with van der Waals surface area (Å²) < 4.78 is 5.58. The Balaban J connectivity index is 0.00000131. The molecule has 0 aromatic carbocycles. The van der Waals surface area contributed by atoms with E-state index in [0.717, 1.165) is 54.6 Å². The van der Waals surface area contributed by atoms with Crippen LogP contribution >= 0.6 is 37.2 Å². The molecule has 1 aliphatic heterocycles. The van der Waals surface area contributed by atoms with Crippen molar-refractivity contribution < 1.29 is 4.42 Å². The van der Waals surface area contributed by atoms with E-state index in [0.29, 0.717) is 6.04 Å². The fraction of sp³-hybridized carbons (Fsp3) is 0.650. The lowest BCUT2D eigenvalue weighted by Crippen LogP contribution is -2.47. The largest absolute Gasteiger partial charge is 0.464 e. The van der Waals surface area contributed by atoms with Crippen LogP contribution in [0.5, 0.6) is 0 Å². The van der Waals surface area contributed by atoms with Gasteiger partial charge in [-0.25, -0.2) is 4.98 Å². The molecule has 4 rings (SSSR count). The number of hydrogen-bond donors (Lipinski definition) is 1. The molecule has 0 bridgehead atoms. The van der Waals surface area contributed by atoms with Crippen LogP contribution in [0.2, 0.25) is 0 Å². The molecular formula is C20H33Cl3N4O. The van der Waals surface area contributed by atoms with E-state index >= 15 is 0 Å². The Morgan fingerprint density at radius 2 is 1.75 bits per heavy atom. The predicted octanol–water partition coefficient (Wildman–Crippen LogP) is 4.43. The van der Waals surface area contributed by atoms with E-state index in [1.807, 2.05) is 19.1 Å². The molecule has 2 aromatic heterocycles. The molecular weight excluding hydrogens is 419 g/mol. The number of rotatable bonds is 4. The highest BCUT2D eigenvalue weighted by atomic mass is 35.5. The van der Waals surface area contributed by atoms with Crippen LogP contribution in [0.3, 0.4) is 0 Å². The molecule has 2 aromatic rings. The van der Waals surface area contributed by atoms with Gasteiger partial charge in [-0.1, -0.05) is 0 Å². The zero-order valence-corrected chi connectivity index (χ0v) is 19.0. The van der Waals surface area contributed by atoms with Crippen LogP contribution in [0.1, 0.15) is 37.8 Å². The highest BCUT2D eigenvalue weighted by Crippen LogP contribution is 2.28. The van der Waals surface area contributed by atoms with E-state index in [-0.39, 0.29) is 37.2 Å². The van der Waals surface area contributed by atoms with Crippen molar-refractivity contribution in [3.63, 3.8) is 0 Å². The second-order valence-corrected chi connectivity index (χ2v) is 7.82. The summed E-state index contributed by atoms with van der Waals surface area (Å²) in [6.45, 7) is 7.62. The summed E-state index contributed by atoms with van der Waals surface area (Å²) in [5.41, 5.74) is 7.99. The van der Waals surface area contributed by atoms with Crippen LogP contribution in [0.25, 0.3) is 11.0 Å². The molecule has 0 radical (unpaired) electrons. The zero-order chi connectivity index (χ0) is 17.2. The molecule has 0 spiro atoms. The molecule has 2 aliphatic rings. The Kier molecular flexibility index (Phi) is 10.4. The average molecular weight is 452 g/mol. The van der Waals surface area contributed by atoms with E-state index in [9.17, 15) is 0 Å². The molecule has 3 heterocycles. The van der Waals surface area contributed by atoms with Crippen molar-refractivity contribution >= 4 is 54.0 Å². The third-order valence-electron chi connectivity index (χ3n) is 5.98. The first-order chi connectivity index (χ1) is 12.2. The van der Waals surface area contributed by atoms with Crippen molar-refractivity contribution in [2.75, 3.05) is 37.6 Å². The smallest absolute Gasteiger partial charge is 0.140 e. The van der Waals surface area contributed by atoms with E-state index in [1.54, 1.807) is 6.26 Å². The van der Waals surface area contributed by atoms with Gasteiger partial charge in [-0.05, 0) is 57.6 Å². The predicted molar refractivity (Wildman–Crippen MR) is 124 cm³/mol. The molecule has 0 unspecified atom stereocenters. The number of anilines is 1. The topological polar surface area (TPSA) is 58.5 Å². The Morgan fingerprint density at radius 3 is 2.43 bits per heavy atom. The number of nitrogens with two attached hydrogens (primary N) is 1. The Labute approximate surface area is 186 Å². The first-order valence-electron chi connectivity index (χ1n) is 9.77. The van der Waals surface area contributed by atoms with Crippen molar-refractivity contribution in [2.45, 2.75) is 45.1 Å². The summed E-state index contributed by atoms with van der Waals surface area (Å²) in [6.07, 6.45) is 8.19. The Bertz CT molecular complexity index is 711. The minimum Gasteiger partial charge on any atom is -0.464 e. The highest BCUT2D eigenvalue weighted by Gasteiger charge is 2.23. The highest BCUT2D eigenvalue weighted by molar-refractivity contribution is 5.89. The van der Waals surface area contributed by atoms with Crippen molar-refractivity contribution in [2.24, 2.45) is 11.7 Å². The zero-order valence-electron chi connectivity index (χ0n) is 16.5. The third kappa shape index (κ3) is 5.90. The van der Waals surface area contributed by atoms with Gasteiger partial charge in [0.05, 0.1) is 11.6 Å². The van der Waals surface area contributed by atoms with Gasteiger partial charge in [0.15, 0.2) is 0 Å². The van der Waals surface area contributed by atoms with Crippen LogP contribution in [0.15, 0.2) is 22.8 Å². The number of fused-ring (bicyclic) bond motifs is 1. The number of aromatic nitrogens is 1. The Morgan fingerprint density at radius 1 is 1.07 bits per heavy atom. The van der Waals surface area contributed by atoms with Crippen molar-refractivity contribution in [3.8, 4) is 0 Å². The molecule has 160 valence electrons. The fourth-order valence-electron chi connectivity index (χ4n) is 4.33. The number of aryl methyl sites for hydroxylation is 1. The minimum atomic E-state index is 0. The van der Waals surface area contributed by atoms with Crippen LogP contribution in [0, 0.1) is 12.8 Å². The number of piperazine rings is 1. The molecule has 28 heavy (non-hydrogen) atoms. The number of hydrogen-bond acceptors (Lipinski definition) is 5. The fourth-order valence-corrected chi connectivity index (χ4v) is 4.33. The van der Waals surface area contributed by atoms with Crippen molar-refractivity contribution in [1.82, 2.24) is 9.88 Å². The summed E-state index contributed by atoms with van der Waals surface area (Å²) in [6, 6.07) is 4.52. The van der Waals surface area contributed by atoms with Gasteiger partial charge in [0.2, 0.25) is 0 Å². The second-order valence-electron chi connectivity index (χ2n) is 7.82. The van der Waals surface area contributed by atoms with Crippen LogP contribution in [-0.4, -0.2) is 48.6 Å². The third-order valence-corrected chi connectivity index (χ3v) is 5.98. The van der Waals surface area contributed by atoms with Gasteiger partial charge in [0, 0.05) is 44.0 Å². The summed E-state index contributed by atoms with van der Waals surface area (Å²) >= 11 is 0. The molecule has 1 aliphatic carbocycles. The number of nitrogens with zero attached hydrogens (tertiary/aromatic N) is 3. The lowest BCUT2D eigenvalue weighted by atomic mass is 9.84. The van der Waals surface area contributed by atoms with Gasteiger partial charge >= 0.3 is 0 Å². The molecule has 8 heteroatoms. The van der Waals surface area contributed by atoms with E-state index in [1.165, 1.54) is 38.6 Å². The SMILES string of the molecule is Cc1cc2occc2c(N2CCN(CCC3CCC(N)CC3)CC2)n1.Cl.Cl.Cl. The maximum Gasteiger partial charge on any atom is 0.140 e. The van der Waals surface area contributed by atoms with Gasteiger partial charge in [-0.15, -0.1) is 37.2 Å². The van der Waals surface area contributed by atoms with Crippen LogP contribution in [0.4, 0.5) is 5.82 Å². The summed E-state index contributed by atoms with van der Waals surface area (Å²) in [7, 11) is 0. The molecule has 0 atom stereocenters. The molecule has 0 amide bonds.